The number of carboxylic acids is 1. The predicted molar refractivity (Wildman–Crippen MR) is 81.3 cm³/mol. The SMILES string of the molecule is O=C(/C=C/c1cccn1Cc1ccccc1)CC(=O)C(=O)O. The number of allylic oxidation sites excluding steroid dienone is 1. The molecule has 0 radical (unpaired) electrons. The third-order valence-electron chi connectivity index (χ3n) is 3.07. The molecule has 1 aromatic heterocycles. The van der Waals surface area contributed by atoms with E-state index in [1.165, 1.54) is 6.08 Å². The Kier molecular flexibility index (Phi) is 5.03. The standard InChI is InChI=1S/C17H15NO4/c19-15(11-16(20)17(21)22)9-8-14-7-4-10-18(14)12-13-5-2-1-3-6-13/h1-10H,11-12H2,(H,21,22)/b9-8+. The molecule has 0 bridgehead atoms. The van der Waals surface area contributed by atoms with Gasteiger partial charge in [-0.3, -0.25) is 9.59 Å². The van der Waals surface area contributed by atoms with Crippen molar-refractivity contribution in [2.45, 2.75) is 13.0 Å². The van der Waals surface area contributed by atoms with Crippen LogP contribution in [0.4, 0.5) is 0 Å². The molecule has 0 aliphatic carbocycles. The minimum atomic E-state index is -1.59. The van der Waals surface area contributed by atoms with E-state index in [1.807, 2.05) is 53.2 Å². The lowest BCUT2D eigenvalue weighted by atomic mass is 10.2. The number of carbonyl (C=O) groups is 3. The summed E-state index contributed by atoms with van der Waals surface area (Å²) in [5.74, 6) is -3.22. The summed E-state index contributed by atoms with van der Waals surface area (Å²) in [5.41, 5.74) is 1.93. The smallest absolute Gasteiger partial charge is 0.372 e. The summed E-state index contributed by atoms with van der Waals surface area (Å²) < 4.78 is 1.96. The van der Waals surface area contributed by atoms with Crippen molar-refractivity contribution in [2.75, 3.05) is 0 Å². The van der Waals surface area contributed by atoms with Crippen LogP contribution in [0.1, 0.15) is 17.7 Å². The number of carboxylic acid groups (broad SMARTS) is 1. The van der Waals surface area contributed by atoms with Crippen LogP contribution in [-0.4, -0.2) is 27.2 Å². The van der Waals surface area contributed by atoms with Gasteiger partial charge in [-0.25, -0.2) is 4.79 Å². The van der Waals surface area contributed by atoms with Gasteiger partial charge in [-0.05, 0) is 29.8 Å². The zero-order chi connectivity index (χ0) is 15.9. The minimum Gasteiger partial charge on any atom is -0.475 e. The van der Waals surface area contributed by atoms with Crippen molar-refractivity contribution in [3.05, 3.63) is 66.0 Å². The molecule has 5 heteroatoms. The normalized spacial score (nSPS) is 10.7. The van der Waals surface area contributed by atoms with Crippen molar-refractivity contribution in [3.63, 3.8) is 0 Å². The fraction of sp³-hybridized carbons (Fsp3) is 0.118. The Morgan fingerprint density at radius 3 is 2.45 bits per heavy atom. The van der Waals surface area contributed by atoms with E-state index in [9.17, 15) is 14.4 Å². The van der Waals surface area contributed by atoms with Crippen LogP contribution >= 0.6 is 0 Å². The second kappa shape index (κ2) is 7.17. The van der Waals surface area contributed by atoms with E-state index in [2.05, 4.69) is 0 Å². The summed E-state index contributed by atoms with van der Waals surface area (Å²) in [5, 5.41) is 8.46. The van der Waals surface area contributed by atoms with E-state index < -0.39 is 24.0 Å². The third kappa shape index (κ3) is 4.28. The second-order valence-electron chi connectivity index (χ2n) is 4.75. The first-order valence-electron chi connectivity index (χ1n) is 6.72. The first kappa shape index (κ1) is 15.4. The highest BCUT2D eigenvalue weighted by molar-refractivity contribution is 6.37. The quantitative estimate of drug-likeness (QED) is 0.483. The Bertz CT molecular complexity index is 713. The number of hydrogen-bond donors (Lipinski definition) is 1. The number of aliphatic carboxylic acids is 1. The van der Waals surface area contributed by atoms with Gasteiger partial charge in [0.05, 0.1) is 6.42 Å². The average molecular weight is 297 g/mol. The second-order valence-corrected chi connectivity index (χ2v) is 4.75. The maximum atomic E-state index is 11.5. The Hall–Kier alpha value is -2.95. The van der Waals surface area contributed by atoms with Gasteiger partial charge in [-0.1, -0.05) is 30.3 Å². The Morgan fingerprint density at radius 2 is 1.77 bits per heavy atom. The number of Topliss-reactive ketones (excluding diaryl/α,β-unsaturated/α-hetero) is 1. The van der Waals surface area contributed by atoms with Crippen molar-refractivity contribution < 1.29 is 19.5 Å². The molecule has 0 spiro atoms. The third-order valence-corrected chi connectivity index (χ3v) is 3.07. The Morgan fingerprint density at radius 1 is 1.05 bits per heavy atom. The summed E-state index contributed by atoms with van der Waals surface area (Å²) in [6, 6.07) is 13.6. The van der Waals surface area contributed by atoms with Gasteiger partial charge in [-0.15, -0.1) is 0 Å². The highest BCUT2D eigenvalue weighted by atomic mass is 16.4. The fourth-order valence-electron chi connectivity index (χ4n) is 1.97. The molecule has 0 aliphatic heterocycles. The van der Waals surface area contributed by atoms with Gasteiger partial charge in [0.15, 0.2) is 5.78 Å². The van der Waals surface area contributed by atoms with Crippen LogP contribution in [0.15, 0.2) is 54.7 Å². The van der Waals surface area contributed by atoms with Crippen LogP contribution in [0.3, 0.4) is 0 Å². The molecule has 112 valence electrons. The van der Waals surface area contributed by atoms with Crippen LogP contribution in [-0.2, 0) is 20.9 Å². The number of benzene rings is 1. The number of nitrogens with zero attached hydrogens (tertiary/aromatic N) is 1. The Balaban J connectivity index is 2.03. The predicted octanol–water partition coefficient (Wildman–Crippen LogP) is 2.16. The molecule has 5 nitrogen and oxygen atoms in total. The molecule has 0 amide bonds. The highest BCUT2D eigenvalue weighted by Gasteiger charge is 2.14. The van der Waals surface area contributed by atoms with Crippen molar-refractivity contribution in [1.82, 2.24) is 4.57 Å². The zero-order valence-corrected chi connectivity index (χ0v) is 11.8. The van der Waals surface area contributed by atoms with Gasteiger partial charge in [0, 0.05) is 18.4 Å². The molecular formula is C17H15NO4. The molecule has 2 aromatic rings. The van der Waals surface area contributed by atoms with E-state index in [-0.39, 0.29) is 0 Å². The molecule has 22 heavy (non-hydrogen) atoms. The molecule has 0 saturated carbocycles. The van der Waals surface area contributed by atoms with Crippen molar-refractivity contribution in [2.24, 2.45) is 0 Å². The highest BCUT2D eigenvalue weighted by Crippen LogP contribution is 2.09. The van der Waals surface area contributed by atoms with Gasteiger partial charge < -0.3 is 9.67 Å². The Labute approximate surface area is 127 Å². The van der Waals surface area contributed by atoms with Crippen molar-refractivity contribution in [1.29, 1.82) is 0 Å². The molecule has 0 fully saturated rings. The van der Waals surface area contributed by atoms with Crippen LogP contribution in [0.5, 0.6) is 0 Å². The minimum absolute atomic E-state index is 0.528. The van der Waals surface area contributed by atoms with Crippen LogP contribution in [0, 0.1) is 0 Å². The molecule has 2 rings (SSSR count). The summed E-state index contributed by atoms with van der Waals surface area (Å²) in [6.45, 7) is 0.662. The lowest BCUT2D eigenvalue weighted by Gasteiger charge is -2.06. The van der Waals surface area contributed by atoms with Gasteiger partial charge >= 0.3 is 5.97 Å². The zero-order valence-electron chi connectivity index (χ0n) is 11.8. The largest absolute Gasteiger partial charge is 0.475 e. The summed E-state index contributed by atoms with van der Waals surface area (Å²) in [4.78, 5) is 32.9. The number of ketones is 2. The molecule has 1 aromatic carbocycles. The number of aromatic nitrogens is 1. The monoisotopic (exact) mass is 297 g/mol. The first-order chi connectivity index (χ1) is 10.6. The van der Waals surface area contributed by atoms with E-state index in [0.717, 1.165) is 11.3 Å². The number of hydrogen-bond acceptors (Lipinski definition) is 3. The average Bonchev–Trinajstić information content (AvgIpc) is 2.93. The number of carbonyl (C=O) groups excluding carboxylic acids is 2. The van der Waals surface area contributed by atoms with Crippen LogP contribution < -0.4 is 0 Å². The lowest BCUT2D eigenvalue weighted by Crippen LogP contribution is -2.15. The maximum absolute atomic E-state index is 11.5. The molecule has 1 heterocycles. The van der Waals surface area contributed by atoms with Crippen LogP contribution in [0.25, 0.3) is 6.08 Å². The molecule has 0 atom stereocenters. The van der Waals surface area contributed by atoms with Gasteiger partial charge in [0.1, 0.15) is 0 Å². The van der Waals surface area contributed by atoms with E-state index in [4.69, 9.17) is 5.11 Å². The van der Waals surface area contributed by atoms with E-state index in [1.54, 1.807) is 6.08 Å². The van der Waals surface area contributed by atoms with Crippen molar-refractivity contribution >= 4 is 23.6 Å². The maximum Gasteiger partial charge on any atom is 0.372 e. The fourth-order valence-corrected chi connectivity index (χ4v) is 1.97. The first-order valence-corrected chi connectivity index (χ1v) is 6.72. The molecular weight excluding hydrogens is 282 g/mol. The number of rotatable bonds is 7. The topological polar surface area (TPSA) is 76.4 Å². The molecule has 0 saturated heterocycles. The van der Waals surface area contributed by atoms with E-state index >= 15 is 0 Å². The molecule has 1 N–H and O–H groups in total. The molecule has 0 unspecified atom stereocenters. The van der Waals surface area contributed by atoms with Crippen molar-refractivity contribution in [3.8, 4) is 0 Å². The lowest BCUT2D eigenvalue weighted by molar-refractivity contribution is -0.149. The summed E-state index contributed by atoms with van der Waals surface area (Å²) >= 11 is 0. The van der Waals surface area contributed by atoms with Gasteiger partial charge in [-0.2, -0.15) is 0 Å². The van der Waals surface area contributed by atoms with Gasteiger partial charge in [0.25, 0.3) is 0 Å². The summed E-state index contributed by atoms with van der Waals surface area (Å²) in [7, 11) is 0. The van der Waals surface area contributed by atoms with Gasteiger partial charge in [0.2, 0.25) is 5.78 Å². The van der Waals surface area contributed by atoms with E-state index in [0.29, 0.717) is 6.54 Å². The molecule has 0 aliphatic rings. The summed E-state index contributed by atoms with van der Waals surface area (Å²) in [6.07, 6.45) is 4.09. The van der Waals surface area contributed by atoms with Crippen LogP contribution in [0.2, 0.25) is 0 Å².